The highest BCUT2D eigenvalue weighted by atomic mass is 32.1. The molecule has 0 radical (unpaired) electrons. The van der Waals surface area contributed by atoms with Crippen LogP contribution in [0.2, 0.25) is 0 Å². The highest BCUT2D eigenvalue weighted by molar-refractivity contribution is 7.55. The zero-order chi connectivity index (χ0) is 4.83. The van der Waals surface area contributed by atoms with Crippen LogP contribution in [0.3, 0.4) is 0 Å². The Bertz CT molecular complexity index is 81.5. The van der Waals surface area contributed by atoms with Gasteiger partial charge in [-0.3, -0.25) is 0 Å². The maximum Gasteiger partial charge on any atom is 0.109 e. The van der Waals surface area contributed by atoms with Crippen LogP contribution in [0.1, 0.15) is 0 Å². The Labute approximate surface area is 41.6 Å². The van der Waals surface area contributed by atoms with Gasteiger partial charge in [0.2, 0.25) is 0 Å². The van der Waals surface area contributed by atoms with Gasteiger partial charge in [0.25, 0.3) is 0 Å². The van der Waals surface area contributed by atoms with E-state index in [1.54, 1.807) is 0 Å². The molecule has 0 aliphatic rings. The van der Waals surface area contributed by atoms with E-state index >= 15 is 0 Å². The van der Waals surface area contributed by atoms with Crippen LogP contribution in [-0.2, 0) is 12.4 Å². The van der Waals surface area contributed by atoms with Gasteiger partial charge >= 0.3 is 0 Å². The van der Waals surface area contributed by atoms with E-state index in [0.29, 0.717) is 0 Å². The Hall–Kier alpha value is -0.240. The summed E-state index contributed by atoms with van der Waals surface area (Å²) < 4.78 is 3.12. The summed E-state index contributed by atoms with van der Waals surface area (Å²) in [4.78, 5) is 5.43. The lowest BCUT2D eigenvalue weighted by atomic mass is 13.0. The van der Waals surface area contributed by atoms with Gasteiger partial charge in [-0.05, 0) is 5.53 Å². The zero-order valence-electron chi connectivity index (χ0n) is 2.70. The molecule has 0 N–H and O–H groups in total. The molecule has 32 valence electrons. The molecule has 4 nitrogen and oxygen atoms in total. The number of hydrogen-bond acceptors (Lipinski definition) is 3. The van der Waals surface area contributed by atoms with Crippen molar-refractivity contribution in [2.45, 2.75) is 0 Å². The fraction of sp³-hybridized carbons (Fsp3) is 0. The maximum absolute atomic E-state index is 7.56. The van der Waals surface area contributed by atoms with Crippen LogP contribution in [0, 0.1) is 0 Å². The van der Waals surface area contributed by atoms with Gasteiger partial charge in [-0.1, -0.05) is 4.88 Å². The van der Waals surface area contributed by atoms with E-state index in [-0.39, 0.29) is 8.88 Å². The van der Waals surface area contributed by atoms with E-state index in [9.17, 15) is 0 Å². The van der Waals surface area contributed by atoms with Crippen molar-refractivity contribution in [1.29, 1.82) is 0 Å². The summed E-state index contributed by atoms with van der Waals surface area (Å²) in [6.45, 7) is 0. The zero-order valence-corrected chi connectivity index (χ0v) is 4.51. The lowest BCUT2D eigenvalue weighted by molar-refractivity contribution is 1.75. The molecule has 0 aliphatic heterocycles. The molecular formula is HN4PS. The van der Waals surface area contributed by atoms with E-state index in [1.807, 2.05) is 0 Å². The molecule has 6 heavy (non-hydrogen) atoms. The Morgan fingerprint density at radius 1 is 1.83 bits per heavy atom. The highest BCUT2D eigenvalue weighted by Gasteiger charge is 1.59. The lowest BCUT2D eigenvalue weighted by Crippen LogP contribution is -1.21. The van der Waals surface area contributed by atoms with Gasteiger partial charge in [-0.15, -0.1) is 0 Å². The molecule has 0 bridgehead atoms. The first-order chi connectivity index (χ1) is 2.91. The van der Waals surface area contributed by atoms with E-state index in [4.69, 9.17) is 5.53 Å². The number of rotatable bonds is 2. The molecule has 1 atom stereocenters. The third-order valence-corrected chi connectivity index (χ3v) is 0.636. The van der Waals surface area contributed by atoms with Crippen LogP contribution in [0.4, 0.5) is 0 Å². The molecule has 0 fully saturated rings. The lowest BCUT2D eigenvalue weighted by Gasteiger charge is -1.62. The van der Waals surface area contributed by atoms with Crippen molar-refractivity contribution in [3.63, 3.8) is 0 Å². The van der Waals surface area contributed by atoms with Crippen molar-refractivity contribution >= 4 is 21.3 Å². The topological polar surface area (TPSA) is 61.1 Å². The standard InChI is InChI=1S/HN4PS/c1-2-3-5-4-6/h5H. The SMILES string of the molecule is [N-]=[N+]=NPN=S. The molecule has 0 aromatic heterocycles. The normalized spacial score (nSPS) is 8.00. The number of hydrogen-bond donors (Lipinski definition) is 0. The van der Waals surface area contributed by atoms with Crippen LogP contribution in [0.15, 0.2) is 9.02 Å². The Morgan fingerprint density at radius 2 is 2.50 bits per heavy atom. The number of nitrogens with zero attached hydrogens (tertiary/aromatic N) is 4. The summed E-state index contributed by atoms with van der Waals surface area (Å²) in [5.74, 6) is 0. The minimum absolute atomic E-state index is 0.137. The van der Waals surface area contributed by atoms with Crippen LogP contribution >= 0.6 is 8.88 Å². The predicted molar refractivity (Wildman–Crippen MR) is 27.3 cm³/mol. The van der Waals surface area contributed by atoms with E-state index in [2.05, 4.69) is 26.4 Å². The molecule has 0 aromatic carbocycles. The highest BCUT2D eigenvalue weighted by Crippen LogP contribution is 2.09. The Kier molecular flexibility index (Phi) is 4.57. The van der Waals surface area contributed by atoms with Gasteiger partial charge in [0.05, 0.1) is 0 Å². The molecule has 1 unspecified atom stereocenters. The van der Waals surface area contributed by atoms with Crippen molar-refractivity contribution in [1.82, 2.24) is 0 Å². The first-order valence-corrected chi connectivity index (χ1v) is 2.29. The fourth-order valence-electron chi connectivity index (χ4n) is 0.0383. The third-order valence-electron chi connectivity index (χ3n) is 0.130. The molecule has 0 rings (SSSR count). The smallest absolute Gasteiger partial charge is 0.109 e. The van der Waals surface area contributed by atoms with Gasteiger partial charge in [0.1, 0.15) is 8.88 Å². The first kappa shape index (κ1) is 5.76. The van der Waals surface area contributed by atoms with Gasteiger partial charge in [0, 0.05) is 17.3 Å². The molecule has 0 heterocycles. The predicted octanol–water partition coefficient (Wildman–Crippen LogP) is 1.54. The Balaban J connectivity index is 3.07. The molecule has 0 aromatic rings. The van der Waals surface area contributed by atoms with E-state index < -0.39 is 0 Å². The summed E-state index contributed by atoms with van der Waals surface area (Å²) in [5.41, 5.74) is 7.56. The van der Waals surface area contributed by atoms with Crippen molar-refractivity contribution in [3.05, 3.63) is 10.4 Å². The molecule has 0 amide bonds. The Morgan fingerprint density at radius 3 is 2.67 bits per heavy atom. The summed E-state index contributed by atoms with van der Waals surface area (Å²) >= 11 is 4.09. The summed E-state index contributed by atoms with van der Waals surface area (Å²) in [6, 6.07) is 0. The quantitative estimate of drug-likeness (QED) is 0.236. The summed E-state index contributed by atoms with van der Waals surface area (Å²) in [6.07, 6.45) is 0. The molecule has 6 heteroatoms. The van der Waals surface area contributed by atoms with E-state index in [1.165, 1.54) is 0 Å². The second-order valence-electron chi connectivity index (χ2n) is 0.381. The largest absolute Gasteiger partial charge is 0.192 e. The third kappa shape index (κ3) is 3.76. The van der Waals surface area contributed by atoms with Crippen LogP contribution in [0.5, 0.6) is 0 Å². The summed E-state index contributed by atoms with van der Waals surface area (Å²) in [5, 5.41) is 0. The average molecular weight is 120 g/mol. The van der Waals surface area contributed by atoms with Crippen molar-refractivity contribution < 1.29 is 0 Å². The van der Waals surface area contributed by atoms with Crippen LogP contribution < -0.4 is 0 Å². The minimum Gasteiger partial charge on any atom is -0.192 e. The molecule has 0 saturated carbocycles. The number of azide groups is 1. The van der Waals surface area contributed by atoms with Gasteiger partial charge in [-0.2, -0.15) is 4.13 Å². The molecular weight excluding hydrogens is 119 g/mol. The monoisotopic (exact) mass is 120 g/mol. The summed E-state index contributed by atoms with van der Waals surface area (Å²) in [7, 11) is -0.137. The average Bonchev–Trinajstić information content (AvgIpc) is 1.61. The van der Waals surface area contributed by atoms with Crippen LogP contribution in [0.25, 0.3) is 10.4 Å². The van der Waals surface area contributed by atoms with Gasteiger partial charge in [-0.25, -0.2) is 0 Å². The molecule has 0 saturated heterocycles. The van der Waals surface area contributed by atoms with Crippen molar-refractivity contribution in [3.8, 4) is 0 Å². The minimum atomic E-state index is -0.137. The molecule has 0 aliphatic carbocycles. The molecule has 0 spiro atoms. The second kappa shape index (κ2) is 4.76. The fourth-order valence-corrected chi connectivity index (χ4v) is 0.224. The van der Waals surface area contributed by atoms with Gasteiger partial charge < -0.3 is 0 Å². The first-order valence-electron chi connectivity index (χ1n) is 1.03. The maximum atomic E-state index is 7.56. The van der Waals surface area contributed by atoms with Crippen molar-refractivity contribution in [2.24, 2.45) is 9.02 Å². The van der Waals surface area contributed by atoms with Gasteiger partial charge in [0.15, 0.2) is 0 Å². The second-order valence-corrected chi connectivity index (χ2v) is 1.51. The van der Waals surface area contributed by atoms with Crippen molar-refractivity contribution in [2.75, 3.05) is 0 Å². The van der Waals surface area contributed by atoms with E-state index in [0.717, 1.165) is 0 Å². The van der Waals surface area contributed by atoms with Crippen LogP contribution in [-0.4, -0.2) is 0 Å².